The number of piperidine rings is 1. The molecule has 1 heterocycles. The zero-order chi connectivity index (χ0) is 21.9. The van der Waals surface area contributed by atoms with E-state index in [0.29, 0.717) is 17.5 Å². The lowest BCUT2D eigenvalue weighted by atomic mass is 9.97. The van der Waals surface area contributed by atoms with E-state index in [2.05, 4.69) is 5.32 Å². The molecule has 2 aromatic rings. The van der Waals surface area contributed by atoms with Crippen LogP contribution in [-0.4, -0.2) is 38.8 Å². The first-order valence-corrected chi connectivity index (χ1v) is 10.7. The fourth-order valence-corrected chi connectivity index (χ4v) is 4.78. The number of sulfonamides is 1. The van der Waals surface area contributed by atoms with E-state index in [1.165, 1.54) is 7.11 Å². The van der Waals surface area contributed by atoms with Crippen LogP contribution in [-0.2, 0) is 21.0 Å². The Morgan fingerprint density at radius 1 is 1.10 bits per heavy atom. The lowest BCUT2D eigenvalue weighted by Gasteiger charge is -2.30. The van der Waals surface area contributed by atoms with Crippen LogP contribution in [0.25, 0.3) is 0 Å². The molecule has 1 saturated heterocycles. The highest BCUT2D eigenvalue weighted by Crippen LogP contribution is 2.32. The van der Waals surface area contributed by atoms with E-state index in [1.807, 2.05) is 0 Å². The van der Waals surface area contributed by atoms with Crippen LogP contribution in [0.2, 0.25) is 0 Å². The highest BCUT2D eigenvalue weighted by molar-refractivity contribution is 7.89. The predicted molar refractivity (Wildman–Crippen MR) is 105 cm³/mol. The van der Waals surface area contributed by atoms with Crippen molar-refractivity contribution in [1.29, 1.82) is 0 Å². The summed E-state index contributed by atoms with van der Waals surface area (Å²) < 4.78 is 70.4. The van der Waals surface area contributed by atoms with E-state index in [9.17, 15) is 26.4 Å². The minimum absolute atomic E-state index is 0.0548. The molecule has 0 aromatic heterocycles. The highest BCUT2D eigenvalue weighted by Gasteiger charge is 2.35. The molecular formula is C20H21F3N2O4S. The van der Waals surface area contributed by atoms with Crippen molar-refractivity contribution in [3.63, 3.8) is 0 Å². The zero-order valence-electron chi connectivity index (χ0n) is 16.1. The second-order valence-corrected chi connectivity index (χ2v) is 8.86. The standard InChI is InChI=1S/C20H21F3N2O4S/c1-29-17-7-5-16(6-8-17)24-19(26)14-9-11-25(12-10-14)30(27,28)18-4-2-3-15(13-18)20(21,22)23/h2-8,13-14H,9-12H2,1H3,(H,24,26). The SMILES string of the molecule is COc1ccc(NC(=O)C2CCN(S(=O)(=O)c3cccc(C(F)(F)F)c3)CC2)cc1. The minimum Gasteiger partial charge on any atom is -0.497 e. The number of alkyl halides is 3. The van der Waals surface area contributed by atoms with Gasteiger partial charge < -0.3 is 10.1 Å². The first-order chi connectivity index (χ1) is 14.1. The number of hydrogen-bond donors (Lipinski definition) is 1. The van der Waals surface area contributed by atoms with Gasteiger partial charge in [-0.1, -0.05) is 6.07 Å². The monoisotopic (exact) mass is 442 g/mol. The topological polar surface area (TPSA) is 75.7 Å². The van der Waals surface area contributed by atoms with E-state index in [4.69, 9.17) is 4.74 Å². The van der Waals surface area contributed by atoms with E-state index in [0.717, 1.165) is 22.5 Å². The molecule has 2 aromatic carbocycles. The predicted octanol–water partition coefficient (Wildman–Crippen LogP) is 3.75. The molecule has 10 heteroatoms. The summed E-state index contributed by atoms with van der Waals surface area (Å²) in [7, 11) is -2.54. The smallest absolute Gasteiger partial charge is 0.416 e. The summed E-state index contributed by atoms with van der Waals surface area (Å²) in [5.74, 6) is 0.0393. The zero-order valence-corrected chi connectivity index (χ0v) is 17.0. The van der Waals surface area contributed by atoms with Crippen molar-refractivity contribution < 1.29 is 31.1 Å². The Labute approximate surface area is 172 Å². The van der Waals surface area contributed by atoms with E-state index >= 15 is 0 Å². The quantitative estimate of drug-likeness (QED) is 0.765. The fraction of sp³-hybridized carbons (Fsp3) is 0.350. The highest BCUT2D eigenvalue weighted by atomic mass is 32.2. The maximum atomic E-state index is 12.9. The second kappa shape index (κ2) is 8.65. The van der Waals surface area contributed by atoms with Crippen LogP contribution in [0.15, 0.2) is 53.4 Å². The Kier molecular flexibility index (Phi) is 6.37. The number of anilines is 1. The van der Waals surface area contributed by atoms with Crippen LogP contribution < -0.4 is 10.1 Å². The Morgan fingerprint density at radius 2 is 1.73 bits per heavy atom. The molecule has 162 valence electrons. The number of nitrogens with zero attached hydrogens (tertiary/aromatic N) is 1. The third-order valence-corrected chi connectivity index (χ3v) is 6.88. The summed E-state index contributed by atoms with van der Waals surface area (Å²) in [5, 5.41) is 2.78. The third kappa shape index (κ3) is 4.93. The summed E-state index contributed by atoms with van der Waals surface area (Å²) >= 11 is 0. The molecule has 0 bridgehead atoms. The Morgan fingerprint density at radius 3 is 2.30 bits per heavy atom. The van der Waals surface area contributed by atoms with Crippen molar-refractivity contribution in [2.24, 2.45) is 5.92 Å². The lowest BCUT2D eigenvalue weighted by Crippen LogP contribution is -2.41. The molecule has 1 amide bonds. The van der Waals surface area contributed by atoms with Gasteiger partial charge in [-0.25, -0.2) is 8.42 Å². The Bertz CT molecular complexity index is 999. The number of carbonyl (C=O) groups is 1. The Hall–Kier alpha value is -2.59. The van der Waals surface area contributed by atoms with Crippen LogP contribution in [0.5, 0.6) is 5.75 Å². The van der Waals surface area contributed by atoms with Crippen molar-refractivity contribution >= 4 is 21.6 Å². The summed E-state index contributed by atoms with van der Waals surface area (Å²) in [6, 6.07) is 10.5. The van der Waals surface area contributed by atoms with Gasteiger partial charge in [-0.2, -0.15) is 17.5 Å². The van der Waals surface area contributed by atoms with Crippen molar-refractivity contribution in [1.82, 2.24) is 4.31 Å². The third-order valence-electron chi connectivity index (χ3n) is 4.98. The van der Waals surface area contributed by atoms with Gasteiger partial charge in [0.05, 0.1) is 17.6 Å². The summed E-state index contributed by atoms with van der Waals surface area (Å²) in [5.41, 5.74) is -0.419. The molecule has 0 aliphatic carbocycles. The van der Waals surface area contributed by atoms with Crippen LogP contribution in [0.3, 0.4) is 0 Å². The van der Waals surface area contributed by atoms with Crippen LogP contribution in [0.1, 0.15) is 18.4 Å². The molecule has 3 rings (SSSR count). The Balaban J connectivity index is 1.63. The summed E-state index contributed by atoms with van der Waals surface area (Å²) in [4.78, 5) is 12.1. The number of ether oxygens (including phenoxy) is 1. The van der Waals surface area contributed by atoms with Crippen LogP contribution in [0.4, 0.5) is 18.9 Å². The molecule has 0 unspecified atom stereocenters. The molecule has 0 radical (unpaired) electrons. The van der Waals surface area contributed by atoms with Gasteiger partial charge in [0.25, 0.3) is 0 Å². The molecule has 1 N–H and O–H groups in total. The second-order valence-electron chi connectivity index (χ2n) is 6.92. The molecule has 6 nitrogen and oxygen atoms in total. The lowest BCUT2D eigenvalue weighted by molar-refractivity contribution is -0.137. The van der Waals surface area contributed by atoms with Crippen LogP contribution >= 0.6 is 0 Å². The summed E-state index contributed by atoms with van der Waals surface area (Å²) in [6.07, 6.45) is -4.07. The average molecular weight is 442 g/mol. The van der Waals surface area contributed by atoms with Crippen LogP contribution in [0, 0.1) is 5.92 Å². The number of nitrogens with one attached hydrogen (secondary N) is 1. The van der Waals surface area contributed by atoms with Gasteiger partial charge in [0, 0.05) is 24.7 Å². The molecule has 0 spiro atoms. The molecular weight excluding hydrogens is 421 g/mol. The van der Waals surface area contributed by atoms with Gasteiger partial charge in [0.15, 0.2) is 0 Å². The molecule has 1 aliphatic rings. The maximum Gasteiger partial charge on any atom is 0.416 e. The van der Waals surface area contributed by atoms with Gasteiger partial charge in [-0.05, 0) is 55.3 Å². The van der Waals surface area contributed by atoms with E-state index in [-0.39, 0.29) is 37.8 Å². The number of amides is 1. The first kappa shape index (κ1) is 22.1. The number of methoxy groups -OCH3 is 1. The van der Waals surface area contributed by atoms with E-state index < -0.39 is 26.7 Å². The van der Waals surface area contributed by atoms with Gasteiger partial charge in [-0.3, -0.25) is 4.79 Å². The van der Waals surface area contributed by atoms with Gasteiger partial charge in [-0.15, -0.1) is 0 Å². The average Bonchev–Trinajstić information content (AvgIpc) is 2.74. The molecule has 0 atom stereocenters. The minimum atomic E-state index is -4.63. The molecule has 1 aliphatic heterocycles. The van der Waals surface area contributed by atoms with Gasteiger partial charge >= 0.3 is 6.18 Å². The number of benzene rings is 2. The number of halogens is 3. The number of hydrogen-bond acceptors (Lipinski definition) is 4. The van der Waals surface area contributed by atoms with Crippen molar-refractivity contribution in [3.8, 4) is 5.75 Å². The van der Waals surface area contributed by atoms with Crippen molar-refractivity contribution in [2.45, 2.75) is 23.9 Å². The van der Waals surface area contributed by atoms with E-state index in [1.54, 1.807) is 24.3 Å². The maximum absolute atomic E-state index is 12.9. The summed E-state index contributed by atoms with van der Waals surface area (Å²) in [6.45, 7) is 0.110. The molecule has 0 saturated carbocycles. The normalized spacial score (nSPS) is 16.3. The van der Waals surface area contributed by atoms with Crippen molar-refractivity contribution in [3.05, 3.63) is 54.1 Å². The van der Waals surface area contributed by atoms with Crippen molar-refractivity contribution in [2.75, 3.05) is 25.5 Å². The van der Waals surface area contributed by atoms with Gasteiger partial charge in [0.2, 0.25) is 15.9 Å². The molecule has 30 heavy (non-hydrogen) atoms. The number of carbonyl (C=O) groups excluding carboxylic acids is 1. The number of rotatable bonds is 5. The first-order valence-electron chi connectivity index (χ1n) is 9.23. The molecule has 1 fully saturated rings. The van der Waals surface area contributed by atoms with Gasteiger partial charge in [0.1, 0.15) is 5.75 Å². The fourth-order valence-electron chi connectivity index (χ4n) is 3.26. The largest absolute Gasteiger partial charge is 0.497 e.